The predicted molar refractivity (Wildman–Crippen MR) is 89.1 cm³/mol. The van der Waals surface area contributed by atoms with Crippen molar-refractivity contribution in [2.75, 3.05) is 4.90 Å². The summed E-state index contributed by atoms with van der Waals surface area (Å²) in [6, 6.07) is 16.6. The SMILES string of the molecule is O=C1C(=Cc2ccccc2)NC(=S)N1c1ccc(Cl)cc1. The fourth-order valence-corrected chi connectivity index (χ4v) is 2.50. The van der Waals surface area contributed by atoms with Crippen LogP contribution >= 0.6 is 23.8 Å². The molecule has 5 heteroatoms. The second-order valence-corrected chi connectivity index (χ2v) is 5.34. The van der Waals surface area contributed by atoms with E-state index in [1.165, 1.54) is 4.90 Å². The van der Waals surface area contributed by atoms with E-state index in [0.29, 0.717) is 21.5 Å². The van der Waals surface area contributed by atoms with Gasteiger partial charge in [0, 0.05) is 5.02 Å². The van der Waals surface area contributed by atoms with Crippen molar-refractivity contribution >= 4 is 46.6 Å². The van der Waals surface area contributed by atoms with Gasteiger partial charge in [0.1, 0.15) is 5.70 Å². The molecular weight excluding hydrogens is 304 g/mol. The summed E-state index contributed by atoms with van der Waals surface area (Å²) in [5.74, 6) is -0.175. The standard InChI is InChI=1S/C16H11ClN2OS/c17-12-6-8-13(9-7-12)19-15(20)14(18-16(19)21)10-11-4-2-1-3-5-11/h1-10H,(H,18,21). The quantitative estimate of drug-likeness (QED) is 0.679. The van der Waals surface area contributed by atoms with E-state index in [0.717, 1.165) is 5.56 Å². The van der Waals surface area contributed by atoms with Crippen LogP contribution in [0.3, 0.4) is 0 Å². The topological polar surface area (TPSA) is 32.3 Å². The molecule has 0 unspecified atom stereocenters. The van der Waals surface area contributed by atoms with E-state index in [9.17, 15) is 4.79 Å². The van der Waals surface area contributed by atoms with Crippen LogP contribution in [0.15, 0.2) is 60.3 Å². The second kappa shape index (κ2) is 5.68. The first kappa shape index (κ1) is 13.8. The monoisotopic (exact) mass is 314 g/mol. The minimum atomic E-state index is -0.175. The first-order chi connectivity index (χ1) is 10.1. The van der Waals surface area contributed by atoms with Gasteiger partial charge < -0.3 is 5.32 Å². The molecule has 3 rings (SSSR count). The van der Waals surface area contributed by atoms with Crippen LogP contribution in [0.2, 0.25) is 5.02 Å². The fraction of sp³-hybridized carbons (Fsp3) is 0. The third-order valence-electron chi connectivity index (χ3n) is 3.07. The van der Waals surface area contributed by atoms with Gasteiger partial charge in [0.25, 0.3) is 5.91 Å². The number of thiocarbonyl (C=S) groups is 1. The number of hydrogen-bond acceptors (Lipinski definition) is 2. The molecule has 1 aliphatic heterocycles. The van der Waals surface area contributed by atoms with Gasteiger partial charge in [-0.2, -0.15) is 0 Å². The molecule has 3 nitrogen and oxygen atoms in total. The van der Waals surface area contributed by atoms with Crippen LogP contribution in [0.4, 0.5) is 5.69 Å². The smallest absolute Gasteiger partial charge is 0.281 e. The molecule has 0 bridgehead atoms. The van der Waals surface area contributed by atoms with Crippen LogP contribution < -0.4 is 10.2 Å². The van der Waals surface area contributed by atoms with E-state index >= 15 is 0 Å². The summed E-state index contributed by atoms with van der Waals surface area (Å²) < 4.78 is 0. The first-order valence-electron chi connectivity index (χ1n) is 6.33. The number of hydrogen-bond donors (Lipinski definition) is 1. The minimum absolute atomic E-state index is 0.175. The second-order valence-electron chi connectivity index (χ2n) is 4.52. The molecule has 0 spiro atoms. The molecule has 0 aromatic heterocycles. The van der Waals surface area contributed by atoms with E-state index in [1.54, 1.807) is 30.3 Å². The van der Waals surface area contributed by atoms with Crippen LogP contribution in [0.1, 0.15) is 5.56 Å². The number of nitrogens with zero attached hydrogens (tertiary/aromatic N) is 1. The Bertz CT molecular complexity index is 726. The summed E-state index contributed by atoms with van der Waals surface area (Å²) in [5, 5.41) is 3.93. The van der Waals surface area contributed by atoms with Gasteiger partial charge in [-0.05, 0) is 48.1 Å². The zero-order valence-electron chi connectivity index (χ0n) is 10.9. The molecule has 104 valence electrons. The van der Waals surface area contributed by atoms with Gasteiger partial charge >= 0.3 is 0 Å². The molecule has 1 fully saturated rings. The van der Waals surface area contributed by atoms with E-state index in [-0.39, 0.29) is 5.91 Å². The van der Waals surface area contributed by atoms with Crippen LogP contribution in [0.5, 0.6) is 0 Å². The van der Waals surface area contributed by atoms with E-state index in [1.807, 2.05) is 30.3 Å². The first-order valence-corrected chi connectivity index (χ1v) is 7.11. The lowest BCUT2D eigenvalue weighted by Crippen LogP contribution is -2.30. The minimum Gasteiger partial charge on any atom is -0.327 e. The lowest BCUT2D eigenvalue weighted by atomic mass is 10.2. The van der Waals surface area contributed by atoms with Crippen LogP contribution in [0, 0.1) is 0 Å². The third kappa shape index (κ3) is 2.82. The summed E-state index contributed by atoms with van der Waals surface area (Å²) in [6.07, 6.45) is 1.78. The molecule has 0 aliphatic carbocycles. The normalized spacial score (nSPS) is 16.4. The average molecular weight is 315 g/mol. The molecule has 21 heavy (non-hydrogen) atoms. The molecule has 1 N–H and O–H groups in total. The Hall–Kier alpha value is -2.17. The van der Waals surface area contributed by atoms with Gasteiger partial charge in [-0.15, -0.1) is 0 Å². The zero-order valence-corrected chi connectivity index (χ0v) is 12.5. The number of carbonyl (C=O) groups excluding carboxylic acids is 1. The predicted octanol–water partition coefficient (Wildman–Crippen LogP) is 3.60. The van der Waals surface area contributed by atoms with Gasteiger partial charge in [-0.25, -0.2) is 0 Å². The Morgan fingerprint density at radius 2 is 1.71 bits per heavy atom. The molecule has 1 amide bonds. The van der Waals surface area contributed by atoms with Crippen molar-refractivity contribution in [2.24, 2.45) is 0 Å². The van der Waals surface area contributed by atoms with Crippen molar-refractivity contribution in [1.82, 2.24) is 5.32 Å². The fourth-order valence-electron chi connectivity index (χ4n) is 2.08. The number of rotatable bonds is 2. The van der Waals surface area contributed by atoms with Crippen LogP contribution in [-0.2, 0) is 4.79 Å². The summed E-state index contributed by atoms with van der Waals surface area (Å²) in [4.78, 5) is 13.9. The molecule has 0 radical (unpaired) electrons. The summed E-state index contributed by atoms with van der Waals surface area (Å²) in [6.45, 7) is 0. The van der Waals surface area contributed by atoms with Gasteiger partial charge in [-0.1, -0.05) is 41.9 Å². The maximum Gasteiger partial charge on any atom is 0.281 e. The number of benzene rings is 2. The number of anilines is 1. The molecule has 1 aliphatic rings. The Balaban J connectivity index is 1.92. The average Bonchev–Trinajstić information content (AvgIpc) is 2.76. The maximum absolute atomic E-state index is 12.5. The van der Waals surface area contributed by atoms with Crippen LogP contribution in [-0.4, -0.2) is 11.0 Å². The van der Waals surface area contributed by atoms with Crippen molar-refractivity contribution < 1.29 is 4.79 Å². The molecule has 1 saturated heterocycles. The highest BCUT2D eigenvalue weighted by molar-refractivity contribution is 7.80. The molecule has 0 atom stereocenters. The lowest BCUT2D eigenvalue weighted by Gasteiger charge is -2.13. The largest absolute Gasteiger partial charge is 0.327 e. The highest BCUT2D eigenvalue weighted by Crippen LogP contribution is 2.24. The molecule has 1 heterocycles. The number of amides is 1. The number of carbonyl (C=O) groups is 1. The van der Waals surface area contributed by atoms with Crippen molar-refractivity contribution in [3.05, 3.63) is 70.9 Å². The van der Waals surface area contributed by atoms with Crippen molar-refractivity contribution in [3.63, 3.8) is 0 Å². The zero-order chi connectivity index (χ0) is 14.8. The summed E-state index contributed by atoms with van der Waals surface area (Å²) in [7, 11) is 0. The van der Waals surface area contributed by atoms with Gasteiger partial charge in [0.05, 0.1) is 5.69 Å². The summed E-state index contributed by atoms with van der Waals surface area (Å²) >= 11 is 11.1. The van der Waals surface area contributed by atoms with E-state index in [2.05, 4.69) is 5.32 Å². The van der Waals surface area contributed by atoms with E-state index < -0.39 is 0 Å². The number of halogens is 1. The molecule has 0 saturated carbocycles. The van der Waals surface area contributed by atoms with Crippen molar-refractivity contribution in [3.8, 4) is 0 Å². The van der Waals surface area contributed by atoms with Crippen LogP contribution in [0.25, 0.3) is 6.08 Å². The Morgan fingerprint density at radius 3 is 2.38 bits per heavy atom. The van der Waals surface area contributed by atoms with Gasteiger partial charge in [0.15, 0.2) is 5.11 Å². The third-order valence-corrected chi connectivity index (χ3v) is 3.61. The summed E-state index contributed by atoms with van der Waals surface area (Å²) in [5.41, 5.74) is 2.09. The molecule has 2 aromatic rings. The highest BCUT2D eigenvalue weighted by atomic mass is 35.5. The number of nitrogens with one attached hydrogen (secondary N) is 1. The molecule has 2 aromatic carbocycles. The maximum atomic E-state index is 12.5. The molecular formula is C16H11ClN2OS. The Labute approximate surface area is 132 Å². The van der Waals surface area contributed by atoms with E-state index in [4.69, 9.17) is 23.8 Å². The van der Waals surface area contributed by atoms with Crippen molar-refractivity contribution in [1.29, 1.82) is 0 Å². The Kier molecular flexibility index (Phi) is 3.73. The lowest BCUT2D eigenvalue weighted by molar-refractivity contribution is -0.113. The van der Waals surface area contributed by atoms with Gasteiger partial charge in [0.2, 0.25) is 0 Å². The highest BCUT2D eigenvalue weighted by Gasteiger charge is 2.31. The van der Waals surface area contributed by atoms with Crippen molar-refractivity contribution in [2.45, 2.75) is 0 Å². The van der Waals surface area contributed by atoms with Gasteiger partial charge in [-0.3, -0.25) is 9.69 Å². The Morgan fingerprint density at radius 1 is 1.05 bits per heavy atom.